The Hall–Kier alpha value is -1.06. The van der Waals surface area contributed by atoms with Gasteiger partial charge in [-0.1, -0.05) is 19.9 Å². The average molecular weight is 260 g/mol. The summed E-state index contributed by atoms with van der Waals surface area (Å²) >= 11 is 0. The van der Waals surface area contributed by atoms with E-state index in [1.165, 1.54) is 11.1 Å². The molecular formula is C16H20O3. The second-order valence-electron chi connectivity index (χ2n) is 6.61. The fourth-order valence-corrected chi connectivity index (χ4v) is 3.17. The Morgan fingerprint density at radius 3 is 2.63 bits per heavy atom. The zero-order valence-electron chi connectivity index (χ0n) is 11.5. The number of ether oxygens (including phenoxy) is 3. The lowest BCUT2D eigenvalue weighted by atomic mass is 9.78. The van der Waals surface area contributed by atoms with Crippen LogP contribution < -0.4 is 4.74 Å². The molecule has 0 aromatic heterocycles. The van der Waals surface area contributed by atoms with Gasteiger partial charge in [-0.15, -0.1) is 0 Å². The van der Waals surface area contributed by atoms with Gasteiger partial charge in [0.1, 0.15) is 18.0 Å². The lowest BCUT2D eigenvalue weighted by Crippen LogP contribution is -2.40. The zero-order chi connectivity index (χ0) is 13.0. The standard InChI is InChI=1S/C16H20O3/c1-16(2)9-18-15(16)11-4-5-12-10(7-11)3-6-13(19-12)14-8-17-14/h4-5,7,13-15H,3,6,8-9H2,1-2H3. The van der Waals surface area contributed by atoms with Crippen molar-refractivity contribution in [1.29, 1.82) is 0 Å². The number of fused-ring (bicyclic) bond motifs is 1. The van der Waals surface area contributed by atoms with Crippen LogP contribution in [0.4, 0.5) is 0 Å². The number of rotatable bonds is 2. The van der Waals surface area contributed by atoms with Gasteiger partial charge >= 0.3 is 0 Å². The summed E-state index contributed by atoms with van der Waals surface area (Å²) in [6.07, 6.45) is 2.98. The Morgan fingerprint density at radius 1 is 1.16 bits per heavy atom. The van der Waals surface area contributed by atoms with Crippen LogP contribution in [0.5, 0.6) is 5.75 Å². The van der Waals surface area contributed by atoms with E-state index in [9.17, 15) is 0 Å². The van der Waals surface area contributed by atoms with Crippen molar-refractivity contribution in [3.63, 3.8) is 0 Å². The van der Waals surface area contributed by atoms with Crippen LogP contribution in [0, 0.1) is 5.41 Å². The summed E-state index contributed by atoms with van der Waals surface area (Å²) < 4.78 is 17.1. The van der Waals surface area contributed by atoms with E-state index < -0.39 is 0 Å². The third-order valence-corrected chi connectivity index (χ3v) is 4.47. The van der Waals surface area contributed by atoms with E-state index in [4.69, 9.17) is 14.2 Å². The van der Waals surface area contributed by atoms with Gasteiger partial charge in [-0.3, -0.25) is 0 Å². The number of aryl methyl sites for hydroxylation is 1. The summed E-state index contributed by atoms with van der Waals surface area (Å²) in [5.74, 6) is 1.03. The van der Waals surface area contributed by atoms with E-state index in [1.807, 2.05) is 0 Å². The first-order chi connectivity index (χ1) is 9.13. The summed E-state index contributed by atoms with van der Waals surface area (Å²) in [6, 6.07) is 6.53. The van der Waals surface area contributed by atoms with Crippen molar-refractivity contribution in [2.75, 3.05) is 13.2 Å². The summed E-state index contributed by atoms with van der Waals surface area (Å²) in [7, 11) is 0. The Labute approximate surface area is 113 Å². The van der Waals surface area contributed by atoms with Gasteiger partial charge in [0.05, 0.1) is 19.3 Å². The third kappa shape index (κ3) is 1.96. The number of hydrogen-bond donors (Lipinski definition) is 0. The largest absolute Gasteiger partial charge is 0.487 e. The zero-order valence-corrected chi connectivity index (χ0v) is 11.5. The van der Waals surface area contributed by atoms with Gasteiger partial charge in [0.2, 0.25) is 0 Å². The second-order valence-corrected chi connectivity index (χ2v) is 6.61. The van der Waals surface area contributed by atoms with Crippen molar-refractivity contribution < 1.29 is 14.2 Å². The monoisotopic (exact) mass is 260 g/mol. The Balaban J connectivity index is 1.57. The molecule has 3 heterocycles. The Morgan fingerprint density at radius 2 is 2.00 bits per heavy atom. The molecule has 2 saturated heterocycles. The molecule has 2 fully saturated rings. The Kier molecular flexibility index (Phi) is 2.45. The highest BCUT2D eigenvalue weighted by atomic mass is 16.6. The normalized spacial score (nSPS) is 34.9. The molecule has 3 heteroatoms. The molecule has 0 bridgehead atoms. The van der Waals surface area contributed by atoms with Gasteiger partial charge < -0.3 is 14.2 Å². The van der Waals surface area contributed by atoms with E-state index in [2.05, 4.69) is 32.0 Å². The lowest BCUT2D eigenvalue weighted by Gasteiger charge is -2.44. The maximum Gasteiger partial charge on any atom is 0.127 e. The van der Waals surface area contributed by atoms with Crippen LogP contribution in [0.1, 0.15) is 37.5 Å². The smallest absolute Gasteiger partial charge is 0.127 e. The van der Waals surface area contributed by atoms with Gasteiger partial charge in [-0.25, -0.2) is 0 Å². The second kappa shape index (κ2) is 3.97. The SMILES string of the molecule is CC1(C)COC1c1ccc2c(c1)CCC(C1CO1)O2. The van der Waals surface area contributed by atoms with Crippen LogP contribution in [0.2, 0.25) is 0 Å². The molecular weight excluding hydrogens is 240 g/mol. The minimum Gasteiger partial charge on any atom is -0.487 e. The van der Waals surface area contributed by atoms with Gasteiger partial charge in [0.15, 0.2) is 0 Å². The molecule has 19 heavy (non-hydrogen) atoms. The first-order valence-corrected chi connectivity index (χ1v) is 7.16. The highest BCUT2D eigenvalue weighted by Crippen LogP contribution is 2.46. The predicted molar refractivity (Wildman–Crippen MR) is 71.4 cm³/mol. The van der Waals surface area contributed by atoms with Crippen molar-refractivity contribution in [3.05, 3.63) is 29.3 Å². The highest BCUT2D eigenvalue weighted by molar-refractivity contribution is 5.40. The van der Waals surface area contributed by atoms with Gasteiger partial charge in [-0.2, -0.15) is 0 Å². The quantitative estimate of drug-likeness (QED) is 0.766. The van der Waals surface area contributed by atoms with E-state index >= 15 is 0 Å². The molecule has 102 valence electrons. The molecule has 0 spiro atoms. The fraction of sp³-hybridized carbons (Fsp3) is 0.625. The van der Waals surface area contributed by atoms with Crippen molar-refractivity contribution in [1.82, 2.24) is 0 Å². The molecule has 1 aromatic carbocycles. The molecule has 3 atom stereocenters. The minimum absolute atomic E-state index is 0.238. The molecule has 0 saturated carbocycles. The van der Waals surface area contributed by atoms with Gasteiger partial charge in [-0.05, 0) is 36.1 Å². The molecule has 1 aromatic rings. The van der Waals surface area contributed by atoms with E-state index in [1.54, 1.807) is 0 Å². The highest BCUT2D eigenvalue weighted by Gasteiger charge is 2.42. The molecule has 3 aliphatic rings. The minimum atomic E-state index is 0.238. The van der Waals surface area contributed by atoms with E-state index in [0.29, 0.717) is 6.10 Å². The topological polar surface area (TPSA) is 31.0 Å². The van der Waals surface area contributed by atoms with Crippen LogP contribution >= 0.6 is 0 Å². The van der Waals surface area contributed by atoms with Crippen LogP contribution in [0.15, 0.2) is 18.2 Å². The summed E-state index contributed by atoms with van der Waals surface area (Å²) in [6.45, 7) is 6.24. The summed E-state index contributed by atoms with van der Waals surface area (Å²) in [5, 5.41) is 0. The van der Waals surface area contributed by atoms with E-state index in [-0.39, 0.29) is 17.6 Å². The molecule has 0 N–H and O–H groups in total. The van der Waals surface area contributed by atoms with Crippen LogP contribution in [0.25, 0.3) is 0 Å². The first kappa shape index (κ1) is 11.7. The molecule has 3 aliphatic heterocycles. The maximum atomic E-state index is 6.03. The number of hydrogen-bond acceptors (Lipinski definition) is 3. The molecule has 0 amide bonds. The van der Waals surface area contributed by atoms with Crippen molar-refractivity contribution in [2.24, 2.45) is 5.41 Å². The maximum absolute atomic E-state index is 6.03. The molecule has 0 radical (unpaired) electrons. The molecule has 3 unspecified atom stereocenters. The van der Waals surface area contributed by atoms with Crippen LogP contribution in [0.3, 0.4) is 0 Å². The molecule has 3 nitrogen and oxygen atoms in total. The van der Waals surface area contributed by atoms with Crippen molar-refractivity contribution >= 4 is 0 Å². The Bertz CT molecular complexity index is 505. The van der Waals surface area contributed by atoms with Crippen LogP contribution in [-0.2, 0) is 15.9 Å². The van der Waals surface area contributed by atoms with Gasteiger partial charge in [0, 0.05) is 5.41 Å². The predicted octanol–water partition coefficient (Wildman–Crippen LogP) is 2.88. The van der Waals surface area contributed by atoms with Crippen LogP contribution in [-0.4, -0.2) is 25.4 Å². The van der Waals surface area contributed by atoms with Crippen molar-refractivity contribution in [2.45, 2.75) is 45.0 Å². The fourth-order valence-electron chi connectivity index (χ4n) is 3.17. The number of epoxide rings is 1. The summed E-state index contributed by atoms with van der Waals surface area (Å²) in [4.78, 5) is 0. The lowest BCUT2D eigenvalue weighted by molar-refractivity contribution is -0.172. The average Bonchev–Trinajstić information content (AvgIpc) is 3.21. The molecule has 0 aliphatic carbocycles. The number of benzene rings is 1. The van der Waals surface area contributed by atoms with Crippen molar-refractivity contribution in [3.8, 4) is 5.75 Å². The van der Waals surface area contributed by atoms with E-state index in [0.717, 1.165) is 31.8 Å². The molecule has 4 rings (SSSR count). The summed E-state index contributed by atoms with van der Waals surface area (Å²) in [5.41, 5.74) is 2.87. The first-order valence-electron chi connectivity index (χ1n) is 7.16. The third-order valence-electron chi connectivity index (χ3n) is 4.47. The van der Waals surface area contributed by atoms with Gasteiger partial charge in [0.25, 0.3) is 0 Å².